The summed E-state index contributed by atoms with van der Waals surface area (Å²) in [6.07, 6.45) is 6.55. The van der Waals surface area contributed by atoms with E-state index in [9.17, 15) is 0 Å². The Balaban J connectivity index is 2.42. The Bertz CT molecular complexity index is 314. The van der Waals surface area contributed by atoms with E-state index in [1.54, 1.807) is 6.20 Å². The van der Waals surface area contributed by atoms with Crippen LogP contribution in [0.4, 0.5) is 11.8 Å². The highest BCUT2D eigenvalue weighted by molar-refractivity contribution is 5.39. The summed E-state index contributed by atoms with van der Waals surface area (Å²) in [6, 6.07) is 2.32. The van der Waals surface area contributed by atoms with Gasteiger partial charge in [-0.15, -0.1) is 0 Å². The van der Waals surface area contributed by atoms with Gasteiger partial charge in [0.2, 0.25) is 5.95 Å². The minimum atomic E-state index is 0.408. The highest BCUT2D eigenvalue weighted by Gasteiger charge is 2.02. The quantitative estimate of drug-likeness (QED) is 0.680. The van der Waals surface area contributed by atoms with Crippen LogP contribution in [0.5, 0.6) is 0 Å². The van der Waals surface area contributed by atoms with Gasteiger partial charge in [0.15, 0.2) is 0 Å². The fourth-order valence-electron chi connectivity index (χ4n) is 1.44. The van der Waals surface area contributed by atoms with Gasteiger partial charge in [-0.2, -0.15) is 4.98 Å². The molecule has 4 heteroatoms. The number of unbranched alkanes of at least 4 members (excludes halogenated alkanes) is 2. The maximum atomic E-state index is 4.42. The largest absolute Gasteiger partial charge is 0.370 e. The fourth-order valence-corrected chi connectivity index (χ4v) is 1.44. The van der Waals surface area contributed by atoms with Crippen LogP contribution in [0.25, 0.3) is 0 Å². The van der Waals surface area contributed by atoms with Gasteiger partial charge in [0.05, 0.1) is 0 Å². The standard InChI is InChI=1S/C13H24N4/c1-4-6-7-9-14-12-8-10-15-13(17-12)16-11(3)5-2/h8,10-11H,4-7,9H2,1-3H3,(H2,14,15,16,17). The molecule has 0 aliphatic carbocycles. The topological polar surface area (TPSA) is 49.8 Å². The van der Waals surface area contributed by atoms with Gasteiger partial charge in [-0.3, -0.25) is 0 Å². The van der Waals surface area contributed by atoms with Crippen molar-refractivity contribution < 1.29 is 0 Å². The Hall–Kier alpha value is -1.32. The van der Waals surface area contributed by atoms with Crippen LogP contribution in [-0.4, -0.2) is 22.6 Å². The van der Waals surface area contributed by atoms with E-state index in [-0.39, 0.29) is 0 Å². The van der Waals surface area contributed by atoms with E-state index >= 15 is 0 Å². The van der Waals surface area contributed by atoms with Crippen molar-refractivity contribution in [3.63, 3.8) is 0 Å². The minimum absolute atomic E-state index is 0.408. The van der Waals surface area contributed by atoms with Crippen molar-refractivity contribution in [3.8, 4) is 0 Å². The number of aromatic nitrogens is 2. The molecule has 96 valence electrons. The van der Waals surface area contributed by atoms with Gasteiger partial charge in [0.1, 0.15) is 5.82 Å². The summed E-state index contributed by atoms with van der Waals surface area (Å²) in [5.74, 6) is 1.61. The molecule has 0 fully saturated rings. The van der Waals surface area contributed by atoms with Crippen LogP contribution >= 0.6 is 0 Å². The molecule has 1 aromatic rings. The molecule has 17 heavy (non-hydrogen) atoms. The van der Waals surface area contributed by atoms with Gasteiger partial charge in [0.25, 0.3) is 0 Å². The monoisotopic (exact) mass is 236 g/mol. The lowest BCUT2D eigenvalue weighted by Crippen LogP contribution is -2.16. The van der Waals surface area contributed by atoms with Crippen molar-refractivity contribution in [2.75, 3.05) is 17.2 Å². The summed E-state index contributed by atoms with van der Waals surface area (Å²) in [5.41, 5.74) is 0. The van der Waals surface area contributed by atoms with Gasteiger partial charge < -0.3 is 10.6 Å². The average Bonchev–Trinajstić information content (AvgIpc) is 2.35. The fraction of sp³-hybridized carbons (Fsp3) is 0.692. The second-order valence-corrected chi connectivity index (χ2v) is 4.35. The predicted molar refractivity (Wildman–Crippen MR) is 73.4 cm³/mol. The molecule has 0 aliphatic rings. The lowest BCUT2D eigenvalue weighted by Gasteiger charge is -2.12. The summed E-state index contributed by atoms with van der Waals surface area (Å²) in [5, 5.41) is 6.59. The van der Waals surface area contributed by atoms with Gasteiger partial charge in [-0.25, -0.2) is 4.98 Å². The van der Waals surface area contributed by atoms with Gasteiger partial charge >= 0.3 is 0 Å². The first kappa shape index (κ1) is 13.7. The van der Waals surface area contributed by atoms with Crippen molar-refractivity contribution in [1.29, 1.82) is 0 Å². The minimum Gasteiger partial charge on any atom is -0.370 e. The molecule has 2 N–H and O–H groups in total. The Labute approximate surface area is 104 Å². The maximum absolute atomic E-state index is 4.42. The molecule has 0 spiro atoms. The van der Waals surface area contributed by atoms with Crippen molar-refractivity contribution in [2.45, 2.75) is 52.5 Å². The van der Waals surface area contributed by atoms with Crippen LogP contribution < -0.4 is 10.6 Å². The Morgan fingerprint density at radius 2 is 2.12 bits per heavy atom. The van der Waals surface area contributed by atoms with E-state index in [1.807, 2.05) is 6.07 Å². The summed E-state index contributed by atoms with van der Waals surface area (Å²) >= 11 is 0. The smallest absolute Gasteiger partial charge is 0.224 e. The number of anilines is 2. The third kappa shape index (κ3) is 5.52. The Morgan fingerprint density at radius 3 is 2.82 bits per heavy atom. The van der Waals surface area contributed by atoms with E-state index < -0.39 is 0 Å². The molecule has 1 unspecified atom stereocenters. The first-order chi connectivity index (χ1) is 8.26. The molecule has 0 amide bonds. The van der Waals surface area contributed by atoms with E-state index in [0.29, 0.717) is 12.0 Å². The summed E-state index contributed by atoms with van der Waals surface area (Å²) < 4.78 is 0. The lowest BCUT2D eigenvalue weighted by molar-refractivity contribution is 0.740. The number of rotatable bonds is 8. The first-order valence-corrected chi connectivity index (χ1v) is 6.59. The van der Waals surface area contributed by atoms with Crippen molar-refractivity contribution >= 4 is 11.8 Å². The third-order valence-corrected chi connectivity index (χ3v) is 2.73. The molecular weight excluding hydrogens is 212 g/mol. The third-order valence-electron chi connectivity index (χ3n) is 2.73. The number of hydrogen-bond donors (Lipinski definition) is 2. The molecule has 0 radical (unpaired) electrons. The van der Waals surface area contributed by atoms with Crippen molar-refractivity contribution in [1.82, 2.24) is 9.97 Å². The number of nitrogens with zero attached hydrogens (tertiary/aromatic N) is 2. The first-order valence-electron chi connectivity index (χ1n) is 6.59. The Morgan fingerprint density at radius 1 is 1.29 bits per heavy atom. The molecule has 0 saturated carbocycles. The molecule has 4 nitrogen and oxygen atoms in total. The van der Waals surface area contributed by atoms with Crippen molar-refractivity contribution in [3.05, 3.63) is 12.3 Å². The summed E-state index contributed by atoms with van der Waals surface area (Å²) in [7, 11) is 0. The van der Waals surface area contributed by atoms with Crippen LogP contribution in [0, 0.1) is 0 Å². The number of nitrogens with one attached hydrogen (secondary N) is 2. The average molecular weight is 236 g/mol. The molecule has 1 heterocycles. The van der Waals surface area contributed by atoms with Crippen LogP contribution in [-0.2, 0) is 0 Å². The van der Waals surface area contributed by atoms with Crippen LogP contribution in [0.1, 0.15) is 46.5 Å². The second kappa shape index (κ2) is 7.87. The molecule has 1 atom stereocenters. The predicted octanol–water partition coefficient (Wildman–Crippen LogP) is 3.29. The highest BCUT2D eigenvalue weighted by Crippen LogP contribution is 2.08. The molecule has 0 bridgehead atoms. The highest BCUT2D eigenvalue weighted by atomic mass is 15.1. The molecule has 0 saturated heterocycles. The SMILES string of the molecule is CCCCCNc1ccnc(NC(C)CC)n1. The molecule has 1 aromatic heterocycles. The lowest BCUT2D eigenvalue weighted by atomic mass is 10.2. The molecule has 1 rings (SSSR count). The zero-order valence-electron chi connectivity index (χ0n) is 11.2. The zero-order chi connectivity index (χ0) is 12.5. The summed E-state index contributed by atoms with van der Waals surface area (Å²) in [6.45, 7) is 7.46. The zero-order valence-corrected chi connectivity index (χ0v) is 11.2. The second-order valence-electron chi connectivity index (χ2n) is 4.35. The normalized spacial score (nSPS) is 12.2. The van der Waals surface area contributed by atoms with E-state index in [4.69, 9.17) is 0 Å². The van der Waals surface area contributed by atoms with Crippen LogP contribution in [0.3, 0.4) is 0 Å². The van der Waals surface area contributed by atoms with Gasteiger partial charge in [-0.1, -0.05) is 26.7 Å². The molecular formula is C13H24N4. The van der Waals surface area contributed by atoms with Crippen molar-refractivity contribution in [2.24, 2.45) is 0 Å². The maximum Gasteiger partial charge on any atom is 0.224 e. The van der Waals surface area contributed by atoms with E-state index in [1.165, 1.54) is 19.3 Å². The van der Waals surface area contributed by atoms with Crippen LogP contribution in [0.15, 0.2) is 12.3 Å². The van der Waals surface area contributed by atoms with E-state index in [0.717, 1.165) is 18.8 Å². The molecule has 0 aliphatic heterocycles. The van der Waals surface area contributed by atoms with Gasteiger partial charge in [0, 0.05) is 18.8 Å². The molecule has 0 aromatic carbocycles. The van der Waals surface area contributed by atoms with E-state index in [2.05, 4.69) is 41.4 Å². The van der Waals surface area contributed by atoms with Gasteiger partial charge in [-0.05, 0) is 25.8 Å². The number of hydrogen-bond acceptors (Lipinski definition) is 4. The Kier molecular flexibility index (Phi) is 6.37. The summed E-state index contributed by atoms with van der Waals surface area (Å²) in [4.78, 5) is 8.63. The van der Waals surface area contributed by atoms with Crippen LogP contribution in [0.2, 0.25) is 0 Å².